The Labute approximate surface area is 181 Å². The van der Waals surface area contributed by atoms with Crippen LogP contribution in [0.1, 0.15) is 5.56 Å². The smallest absolute Gasteiger partial charge is 0.176 e. The first kappa shape index (κ1) is 19.6. The highest BCUT2D eigenvalue weighted by molar-refractivity contribution is 5.88. The van der Waals surface area contributed by atoms with Crippen LogP contribution in [0.3, 0.4) is 0 Å². The van der Waals surface area contributed by atoms with Crippen LogP contribution in [-0.4, -0.2) is 38.2 Å². The van der Waals surface area contributed by atoms with E-state index < -0.39 is 0 Å². The van der Waals surface area contributed by atoms with Gasteiger partial charge in [-0.25, -0.2) is 4.39 Å². The van der Waals surface area contributed by atoms with Crippen LogP contribution >= 0.6 is 0 Å². The van der Waals surface area contributed by atoms with Gasteiger partial charge in [-0.2, -0.15) is 0 Å². The first-order chi connectivity index (χ1) is 15.2. The van der Waals surface area contributed by atoms with E-state index in [1.54, 1.807) is 19.2 Å². The molecule has 0 amide bonds. The molecule has 0 saturated carbocycles. The van der Waals surface area contributed by atoms with E-state index in [0.717, 1.165) is 55.0 Å². The summed E-state index contributed by atoms with van der Waals surface area (Å²) in [5.41, 5.74) is 4.05. The van der Waals surface area contributed by atoms with Crippen LogP contribution in [0.15, 0.2) is 77.2 Å². The van der Waals surface area contributed by atoms with Crippen LogP contribution in [0.4, 0.5) is 10.1 Å². The van der Waals surface area contributed by atoms with Crippen molar-refractivity contribution in [3.05, 3.63) is 84.2 Å². The van der Waals surface area contributed by atoms with Crippen molar-refractivity contribution in [1.82, 2.24) is 4.90 Å². The van der Waals surface area contributed by atoms with E-state index in [0.29, 0.717) is 5.76 Å². The SMILES string of the molecule is COc1cc(CN2CCN(c3ccccc3)CC2)cc2cc(-c3ccc(F)cc3)oc12. The molecule has 0 aliphatic carbocycles. The molecular formula is C26H25FN2O2. The highest BCUT2D eigenvalue weighted by Crippen LogP contribution is 2.35. The fraction of sp³-hybridized carbons (Fsp3) is 0.231. The van der Waals surface area contributed by atoms with Gasteiger partial charge in [-0.1, -0.05) is 18.2 Å². The maximum absolute atomic E-state index is 13.3. The minimum Gasteiger partial charge on any atom is -0.493 e. The number of halogens is 1. The summed E-state index contributed by atoms with van der Waals surface area (Å²) in [7, 11) is 1.66. The van der Waals surface area contributed by atoms with E-state index >= 15 is 0 Å². The third-order valence-corrected chi connectivity index (χ3v) is 5.89. The molecule has 0 atom stereocenters. The molecule has 5 rings (SSSR count). The number of ether oxygens (including phenoxy) is 1. The van der Waals surface area contributed by atoms with Crippen molar-refractivity contribution in [2.24, 2.45) is 0 Å². The maximum Gasteiger partial charge on any atom is 0.176 e. The van der Waals surface area contributed by atoms with Gasteiger partial charge in [0.05, 0.1) is 7.11 Å². The molecular weight excluding hydrogens is 391 g/mol. The van der Waals surface area contributed by atoms with Gasteiger partial charge < -0.3 is 14.1 Å². The Morgan fingerprint density at radius 3 is 2.35 bits per heavy atom. The summed E-state index contributed by atoms with van der Waals surface area (Å²) in [5, 5.41) is 0.997. The average molecular weight is 416 g/mol. The summed E-state index contributed by atoms with van der Waals surface area (Å²) in [6.45, 7) is 4.93. The number of rotatable bonds is 5. The molecule has 0 N–H and O–H groups in total. The van der Waals surface area contributed by atoms with Gasteiger partial charge in [0.1, 0.15) is 11.6 Å². The van der Waals surface area contributed by atoms with Gasteiger partial charge in [-0.05, 0) is 60.2 Å². The molecule has 158 valence electrons. The van der Waals surface area contributed by atoms with Gasteiger partial charge in [0, 0.05) is 49.4 Å². The Bertz CT molecular complexity index is 1160. The van der Waals surface area contributed by atoms with Crippen LogP contribution in [0, 0.1) is 5.82 Å². The molecule has 0 unspecified atom stereocenters. The van der Waals surface area contributed by atoms with Crippen LogP contribution < -0.4 is 9.64 Å². The third kappa shape index (κ3) is 4.14. The van der Waals surface area contributed by atoms with Crippen molar-refractivity contribution >= 4 is 16.7 Å². The van der Waals surface area contributed by atoms with Gasteiger partial charge >= 0.3 is 0 Å². The molecule has 3 aromatic carbocycles. The second-order valence-electron chi connectivity index (χ2n) is 7.93. The summed E-state index contributed by atoms with van der Waals surface area (Å²) >= 11 is 0. The number of hydrogen-bond donors (Lipinski definition) is 0. The lowest BCUT2D eigenvalue weighted by molar-refractivity contribution is 0.249. The first-order valence-electron chi connectivity index (χ1n) is 10.6. The fourth-order valence-electron chi connectivity index (χ4n) is 4.24. The van der Waals surface area contributed by atoms with E-state index in [4.69, 9.17) is 9.15 Å². The zero-order chi connectivity index (χ0) is 21.2. The second-order valence-corrected chi connectivity index (χ2v) is 7.93. The van der Waals surface area contributed by atoms with Crippen molar-refractivity contribution in [2.45, 2.75) is 6.54 Å². The minimum atomic E-state index is -0.257. The summed E-state index contributed by atoms with van der Waals surface area (Å²) in [5.74, 6) is 1.18. The zero-order valence-corrected chi connectivity index (χ0v) is 17.6. The molecule has 1 aliphatic heterocycles. The fourth-order valence-corrected chi connectivity index (χ4v) is 4.24. The Hall–Kier alpha value is -3.31. The molecule has 1 aliphatic rings. The number of hydrogen-bond acceptors (Lipinski definition) is 4. The molecule has 4 nitrogen and oxygen atoms in total. The van der Waals surface area contributed by atoms with Crippen molar-refractivity contribution in [2.75, 3.05) is 38.2 Å². The average Bonchev–Trinajstić information content (AvgIpc) is 3.24. The molecule has 1 aromatic heterocycles. The third-order valence-electron chi connectivity index (χ3n) is 5.89. The summed E-state index contributed by atoms with van der Waals surface area (Å²) in [6.07, 6.45) is 0. The molecule has 31 heavy (non-hydrogen) atoms. The topological polar surface area (TPSA) is 28.9 Å². The van der Waals surface area contributed by atoms with Crippen LogP contribution in [0.2, 0.25) is 0 Å². The highest BCUT2D eigenvalue weighted by atomic mass is 19.1. The van der Waals surface area contributed by atoms with E-state index in [9.17, 15) is 4.39 Å². The Kier molecular flexibility index (Phi) is 5.35. The van der Waals surface area contributed by atoms with E-state index in [-0.39, 0.29) is 5.82 Å². The molecule has 2 heterocycles. The number of benzene rings is 3. The summed E-state index contributed by atoms with van der Waals surface area (Å²) < 4.78 is 24.9. The minimum absolute atomic E-state index is 0.257. The monoisotopic (exact) mass is 416 g/mol. The lowest BCUT2D eigenvalue weighted by Crippen LogP contribution is -2.45. The predicted molar refractivity (Wildman–Crippen MR) is 122 cm³/mol. The first-order valence-corrected chi connectivity index (χ1v) is 10.6. The normalized spacial score (nSPS) is 14.8. The summed E-state index contributed by atoms with van der Waals surface area (Å²) in [4.78, 5) is 4.91. The Morgan fingerprint density at radius 1 is 0.903 bits per heavy atom. The van der Waals surface area contributed by atoms with Crippen molar-refractivity contribution < 1.29 is 13.5 Å². The number of furan rings is 1. The number of fused-ring (bicyclic) bond motifs is 1. The largest absolute Gasteiger partial charge is 0.493 e. The van der Waals surface area contributed by atoms with Gasteiger partial charge in [-0.3, -0.25) is 4.90 Å². The lowest BCUT2D eigenvalue weighted by atomic mass is 10.1. The van der Waals surface area contributed by atoms with Gasteiger partial charge in [0.15, 0.2) is 11.3 Å². The Balaban J connectivity index is 1.34. The second kappa shape index (κ2) is 8.44. The number of nitrogens with zero attached hydrogens (tertiary/aromatic N) is 2. The van der Waals surface area contributed by atoms with E-state index in [2.05, 4.69) is 52.3 Å². The maximum atomic E-state index is 13.3. The van der Waals surface area contributed by atoms with E-state index in [1.165, 1.54) is 23.4 Å². The Morgan fingerprint density at radius 2 is 1.65 bits per heavy atom. The molecule has 0 bridgehead atoms. The predicted octanol–water partition coefficient (Wildman–Crippen LogP) is 5.57. The number of anilines is 1. The van der Waals surface area contributed by atoms with Gasteiger partial charge in [0.2, 0.25) is 0 Å². The molecule has 1 fully saturated rings. The summed E-state index contributed by atoms with van der Waals surface area (Å²) in [6, 6.07) is 23.2. The quantitative estimate of drug-likeness (QED) is 0.425. The van der Waals surface area contributed by atoms with Crippen LogP contribution in [-0.2, 0) is 6.54 Å². The molecule has 5 heteroatoms. The molecule has 1 saturated heterocycles. The molecule has 0 spiro atoms. The van der Waals surface area contributed by atoms with E-state index in [1.807, 2.05) is 6.07 Å². The molecule has 4 aromatic rings. The van der Waals surface area contributed by atoms with Crippen LogP contribution in [0.5, 0.6) is 5.75 Å². The number of piperazine rings is 1. The van der Waals surface area contributed by atoms with Crippen LogP contribution in [0.25, 0.3) is 22.3 Å². The lowest BCUT2D eigenvalue weighted by Gasteiger charge is -2.36. The molecule has 0 radical (unpaired) electrons. The van der Waals surface area contributed by atoms with Crippen molar-refractivity contribution in [3.8, 4) is 17.1 Å². The van der Waals surface area contributed by atoms with Gasteiger partial charge in [-0.15, -0.1) is 0 Å². The zero-order valence-electron chi connectivity index (χ0n) is 17.6. The van der Waals surface area contributed by atoms with Gasteiger partial charge in [0.25, 0.3) is 0 Å². The standard InChI is InChI=1S/C26H25FN2O2/c1-30-25-16-19(18-28-11-13-29(14-12-28)23-5-3-2-4-6-23)15-21-17-24(31-26(21)25)20-7-9-22(27)10-8-20/h2-10,15-17H,11-14,18H2,1H3. The number of methoxy groups -OCH3 is 1. The van der Waals surface area contributed by atoms with Crippen molar-refractivity contribution in [1.29, 1.82) is 0 Å². The highest BCUT2D eigenvalue weighted by Gasteiger charge is 2.19. The van der Waals surface area contributed by atoms with Crippen molar-refractivity contribution in [3.63, 3.8) is 0 Å². The number of para-hydroxylation sites is 1.